The molecule has 0 amide bonds. The van der Waals surface area contributed by atoms with Gasteiger partial charge in [-0.25, -0.2) is 14.4 Å². The lowest BCUT2D eigenvalue weighted by atomic mass is 10.1. The Morgan fingerprint density at radius 1 is 0.810 bits per heavy atom. The summed E-state index contributed by atoms with van der Waals surface area (Å²) in [5, 5.41) is 0. The molecule has 7 nitrogen and oxygen atoms in total. The highest BCUT2D eigenvalue weighted by Gasteiger charge is 2.41. The zero-order chi connectivity index (χ0) is 15.8. The molecule has 0 aromatic rings. The van der Waals surface area contributed by atoms with E-state index in [2.05, 4.69) is 19.7 Å². The third-order valence-electron chi connectivity index (χ3n) is 2.58. The minimum Gasteiger partial charge on any atom is -0.453 e. The summed E-state index contributed by atoms with van der Waals surface area (Å²) in [5.74, 6) is -2.15. The van der Waals surface area contributed by atoms with E-state index in [9.17, 15) is 14.4 Å². The third kappa shape index (κ3) is 4.88. The molecule has 0 radical (unpaired) electrons. The largest absolute Gasteiger partial charge is 0.453 e. The number of carbonyl (C=O) groups is 3. The van der Waals surface area contributed by atoms with Crippen LogP contribution in [0, 0.1) is 0 Å². The summed E-state index contributed by atoms with van der Waals surface area (Å²) < 4.78 is 20.4. The Kier molecular flexibility index (Phi) is 6.35. The predicted octanol–water partition coefficient (Wildman–Crippen LogP) is 0.310. The summed E-state index contributed by atoms with van der Waals surface area (Å²) in [5.41, 5.74) is 0. The Labute approximate surface area is 121 Å². The van der Waals surface area contributed by atoms with Crippen LogP contribution in [-0.4, -0.2) is 49.4 Å². The van der Waals surface area contributed by atoms with Gasteiger partial charge in [0.05, 0.1) is 13.2 Å². The van der Waals surface area contributed by atoms with Gasteiger partial charge in [-0.3, -0.25) is 0 Å². The third-order valence-corrected chi connectivity index (χ3v) is 2.58. The second-order valence-corrected chi connectivity index (χ2v) is 4.00. The lowest BCUT2D eigenvalue weighted by Crippen LogP contribution is -2.53. The van der Waals surface area contributed by atoms with E-state index in [-0.39, 0.29) is 13.2 Å². The number of esters is 3. The van der Waals surface area contributed by atoms with Crippen molar-refractivity contribution in [1.29, 1.82) is 0 Å². The Morgan fingerprint density at radius 2 is 1.19 bits per heavy atom. The molecule has 1 aliphatic rings. The molecular formula is C14H16O7. The highest BCUT2D eigenvalue weighted by Crippen LogP contribution is 2.19. The Bertz CT molecular complexity index is 424. The first-order valence-electron chi connectivity index (χ1n) is 6.08. The topological polar surface area (TPSA) is 88.1 Å². The molecule has 0 aromatic heterocycles. The molecule has 0 unspecified atom stereocenters. The predicted molar refractivity (Wildman–Crippen MR) is 71.1 cm³/mol. The number of rotatable bonds is 6. The molecule has 1 fully saturated rings. The van der Waals surface area contributed by atoms with E-state index in [0.29, 0.717) is 0 Å². The van der Waals surface area contributed by atoms with Crippen molar-refractivity contribution >= 4 is 17.9 Å². The smallest absolute Gasteiger partial charge is 0.330 e. The van der Waals surface area contributed by atoms with Gasteiger partial charge in [0.1, 0.15) is 0 Å². The number of carbonyl (C=O) groups excluding carboxylic acids is 3. The van der Waals surface area contributed by atoms with Gasteiger partial charge in [0.15, 0.2) is 18.3 Å². The van der Waals surface area contributed by atoms with Crippen LogP contribution in [0.2, 0.25) is 0 Å². The molecule has 0 spiro atoms. The van der Waals surface area contributed by atoms with E-state index in [1.54, 1.807) is 0 Å². The molecule has 0 N–H and O–H groups in total. The van der Waals surface area contributed by atoms with Crippen molar-refractivity contribution in [2.24, 2.45) is 0 Å². The molecular weight excluding hydrogens is 280 g/mol. The molecule has 0 saturated carbocycles. The van der Waals surface area contributed by atoms with E-state index < -0.39 is 36.2 Å². The minimum absolute atomic E-state index is 0.00317. The molecule has 2 atom stereocenters. The molecule has 0 aliphatic carbocycles. The van der Waals surface area contributed by atoms with Crippen molar-refractivity contribution in [3.05, 3.63) is 38.0 Å². The van der Waals surface area contributed by atoms with Crippen LogP contribution < -0.4 is 0 Å². The fraction of sp³-hybridized carbons (Fsp3) is 0.357. The minimum atomic E-state index is -1.00. The van der Waals surface area contributed by atoms with Crippen LogP contribution in [-0.2, 0) is 33.3 Å². The maximum absolute atomic E-state index is 11.4. The summed E-state index contributed by atoms with van der Waals surface area (Å²) in [6.45, 7) is 9.81. The molecule has 114 valence electrons. The maximum atomic E-state index is 11.4. The average Bonchev–Trinajstić information content (AvgIpc) is 2.49. The van der Waals surface area contributed by atoms with E-state index in [1.807, 2.05) is 0 Å². The SMILES string of the molecule is C=CC(=O)OC1[C@H](OC(=O)C=C)COC[C@H]1OC(=O)C=C. The van der Waals surface area contributed by atoms with Crippen LogP contribution in [0.5, 0.6) is 0 Å². The van der Waals surface area contributed by atoms with Crippen LogP contribution in [0.1, 0.15) is 0 Å². The van der Waals surface area contributed by atoms with E-state index in [4.69, 9.17) is 18.9 Å². The van der Waals surface area contributed by atoms with Gasteiger partial charge in [0, 0.05) is 18.2 Å². The number of hydrogen-bond acceptors (Lipinski definition) is 7. The van der Waals surface area contributed by atoms with Crippen molar-refractivity contribution in [2.75, 3.05) is 13.2 Å². The van der Waals surface area contributed by atoms with Crippen molar-refractivity contribution < 1.29 is 33.3 Å². The maximum Gasteiger partial charge on any atom is 0.330 e. The number of ether oxygens (including phenoxy) is 4. The average molecular weight is 296 g/mol. The lowest BCUT2D eigenvalue weighted by Gasteiger charge is -2.35. The molecule has 21 heavy (non-hydrogen) atoms. The normalized spacial score (nSPS) is 21.7. The van der Waals surface area contributed by atoms with E-state index in [0.717, 1.165) is 18.2 Å². The zero-order valence-electron chi connectivity index (χ0n) is 11.4. The van der Waals surface area contributed by atoms with Crippen LogP contribution >= 0.6 is 0 Å². The van der Waals surface area contributed by atoms with Gasteiger partial charge in [-0.2, -0.15) is 0 Å². The van der Waals surface area contributed by atoms with Gasteiger partial charge in [0.2, 0.25) is 0 Å². The highest BCUT2D eigenvalue weighted by atomic mass is 16.6. The van der Waals surface area contributed by atoms with Gasteiger partial charge in [-0.05, 0) is 0 Å². The van der Waals surface area contributed by atoms with Crippen molar-refractivity contribution in [1.82, 2.24) is 0 Å². The summed E-state index contributed by atoms with van der Waals surface area (Å²) in [6.07, 6.45) is 0.0368. The van der Waals surface area contributed by atoms with Crippen molar-refractivity contribution in [2.45, 2.75) is 18.3 Å². The first-order chi connectivity index (χ1) is 10.0. The van der Waals surface area contributed by atoms with Gasteiger partial charge < -0.3 is 18.9 Å². The Morgan fingerprint density at radius 3 is 1.57 bits per heavy atom. The van der Waals surface area contributed by atoms with Gasteiger partial charge in [-0.1, -0.05) is 19.7 Å². The quantitative estimate of drug-likeness (QED) is 0.396. The molecule has 1 heterocycles. The van der Waals surface area contributed by atoms with Crippen LogP contribution in [0.25, 0.3) is 0 Å². The Hall–Kier alpha value is -2.41. The van der Waals surface area contributed by atoms with Crippen LogP contribution in [0.3, 0.4) is 0 Å². The Balaban J connectivity index is 2.88. The van der Waals surface area contributed by atoms with E-state index >= 15 is 0 Å². The monoisotopic (exact) mass is 296 g/mol. The molecule has 1 saturated heterocycles. The zero-order valence-corrected chi connectivity index (χ0v) is 11.4. The summed E-state index contributed by atoms with van der Waals surface area (Å²) in [4.78, 5) is 34.0. The fourth-order valence-electron chi connectivity index (χ4n) is 1.66. The first kappa shape index (κ1) is 16.6. The second kappa shape index (κ2) is 8.01. The van der Waals surface area contributed by atoms with Crippen LogP contribution in [0.15, 0.2) is 38.0 Å². The fourth-order valence-corrected chi connectivity index (χ4v) is 1.66. The lowest BCUT2D eigenvalue weighted by molar-refractivity contribution is -0.205. The molecule has 0 aromatic carbocycles. The van der Waals surface area contributed by atoms with Crippen molar-refractivity contribution in [3.8, 4) is 0 Å². The summed E-state index contributed by atoms with van der Waals surface area (Å²) in [6, 6.07) is 0. The van der Waals surface area contributed by atoms with Crippen molar-refractivity contribution in [3.63, 3.8) is 0 Å². The first-order valence-corrected chi connectivity index (χ1v) is 6.08. The second-order valence-electron chi connectivity index (χ2n) is 4.00. The van der Waals surface area contributed by atoms with E-state index in [1.165, 1.54) is 0 Å². The summed E-state index contributed by atoms with van der Waals surface area (Å²) in [7, 11) is 0. The van der Waals surface area contributed by atoms with Gasteiger partial charge in [-0.15, -0.1) is 0 Å². The highest BCUT2D eigenvalue weighted by molar-refractivity contribution is 5.83. The summed E-state index contributed by atoms with van der Waals surface area (Å²) >= 11 is 0. The van der Waals surface area contributed by atoms with Gasteiger partial charge >= 0.3 is 17.9 Å². The standard InChI is InChI=1S/C14H16O7/c1-4-11(15)19-9-7-18-8-10(20-12(16)5-2)14(9)21-13(17)6-3/h4-6,9-10,14H,1-3,7-8H2/t9-,10-/m1/s1. The molecule has 1 aliphatic heterocycles. The molecule has 1 rings (SSSR count). The van der Waals surface area contributed by atoms with Crippen LogP contribution in [0.4, 0.5) is 0 Å². The molecule has 7 heteroatoms. The van der Waals surface area contributed by atoms with Gasteiger partial charge in [0.25, 0.3) is 0 Å². The number of hydrogen-bond donors (Lipinski definition) is 0. The molecule has 0 bridgehead atoms.